The number of anilines is 1. The van der Waals surface area contributed by atoms with Gasteiger partial charge in [0.2, 0.25) is 11.8 Å². The predicted molar refractivity (Wildman–Crippen MR) is 103 cm³/mol. The Morgan fingerprint density at radius 2 is 1.70 bits per heavy atom. The van der Waals surface area contributed by atoms with Crippen LogP contribution < -0.4 is 4.90 Å². The molecule has 3 aliphatic rings. The molecule has 0 radical (unpaired) electrons. The van der Waals surface area contributed by atoms with Crippen molar-refractivity contribution in [3.8, 4) is 0 Å². The van der Waals surface area contributed by atoms with Gasteiger partial charge in [0.15, 0.2) is 0 Å². The van der Waals surface area contributed by atoms with Gasteiger partial charge in [0, 0.05) is 31.7 Å². The summed E-state index contributed by atoms with van der Waals surface area (Å²) >= 11 is 0. The highest BCUT2D eigenvalue weighted by atomic mass is 19.1. The zero-order chi connectivity index (χ0) is 18.9. The molecule has 1 aliphatic carbocycles. The maximum atomic E-state index is 13.4. The van der Waals surface area contributed by atoms with E-state index in [0.717, 1.165) is 37.9 Å². The predicted octanol–water partition coefficient (Wildman–Crippen LogP) is 4.14. The average Bonchev–Trinajstić information content (AvgIpc) is 3.18. The van der Waals surface area contributed by atoms with E-state index in [1.807, 2.05) is 4.90 Å². The van der Waals surface area contributed by atoms with Crippen molar-refractivity contribution < 1.29 is 14.0 Å². The van der Waals surface area contributed by atoms with E-state index < -0.39 is 5.41 Å². The number of halogens is 1. The summed E-state index contributed by atoms with van der Waals surface area (Å²) < 4.78 is 13.3. The lowest BCUT2D eigenvalue weighted by molar-refractivity contribution is -0.142. The molecule has 2 saturated heterocycles. The van der Waals surface area contributed by atoms with Gasteiger partial charge in [-0.25, -0.2) is 4.39 Å². The molecule has 3 fully saturated rings. The molecule has 1 unspecified atom stereocenters. The third kappa shape index (κ3) is 3.74. The Hall–Kier alpha value is -1.91. The largest absolute Gasteiger partial charge is 0.342 e. The summed E-state index contributed by atoms with van der Waals surface area (Å²) in [5, 5.41) is 0. The van der Waals surface area contributed by atoms with Crippen LogP contribution in [-0.2, 0) is 9.59 Å². The van der Waals surface area contributed by atoms with Crippen molar-refractivity contribution in [2.75, 3.05) is 24.5 Å². The molecule has 0 N–H and O–H groups in total. The van der Waals surface area contributed by atoms with E-state index in [-0.39, 0.29) is 17.6 Å². The van der Waals surface area contributed by atoms with Gasteiger partial charge in [-0.2, -0.15) is 0 Å². The van der Waals surface area contributed by atoms with E-state index in [0.29, 0.717) is 25.4 Å². The van der Waals surface area contributed by atoms with Crippen LogP contribution in [0.2, 0.25) is 0 Å². The van der Waals surface area contributed by atoms with Crippen molar-refractivity contribution in [1.82, 2.24) is 4.90 Å². The summed E-state index contributed by atoms with van der Waals surface area (Å²) in [6.45, 7) is 1.99. The van der Waals surface area contributed by atoms with E-state index in [9.17, 15) is 14.0 Å². The number of hydrogen-bond donors (Lipinski definition) is 0. The van der Waals surface area contributed by atoms with Crippen molar-refractivity contribution in [2.45, 2.75) is 57.8 Å². The van der Waals surface area contributed by atoms with Crippen LogP contribution in [0, 0.1) is 17.2 Å². The molecule has 2 heterocycles. The monoisotopic (exact) mass is 372 g/mol. The molecule has 2 amide bonds. The second-order valence-electron chi connectivity index (χ2n) is 8.59. The van der Waals surface area contributed by atoms with Gasteiger partial charge < -0.3 is 9.80 Å². The van der Waals surface area contributed by atoms with Crippen molar-refractivity contribution in [3.63, 3.8) is 0 Å². The van der Waals surface area contributed by atoms with Crippen molar-refractivity contribution in [3.05, 3.63) is 30.1 Å². The molecule has 0 aromatic heterocycles. The minimum absolute atomic E-state index is 0.110. The molecule has 0 bridgehead atoms. The van der Waals surface area contributed by atoms with E-state index in [2.05, 4.69) is 0 Å². The molecular formula is C22H29FN2O2. The first-order valence-corrected chi connectivity index (χ1v) is 10.4. The second kappa shape index (κ2) is 7.61. The van der Waals surface area contributed by atoms with Gasteiger partial charge in [-0.05, 0) is 68.7 Å². The number of nitrogens with zero attached hydrogens (tertiary/aromatic N) is 2. The van der Waals surface area contributed by atoms with Gasteiger partial charge in [0.05, 0.1) is 5.41 Å². The lowest BCUT2D eigenvalue weighted by Gasteiger charge is -2.47. The molecule has 1 aromatic carbocycles. The summed E-state index contributed by atoms with van der Waals surface area (Å²) in [6.07, 6.45) is 8.97. The lowest BCUT2D eigenvalue weighted by atomic mass is 9.72. The van der Waals surface area contributed by atoms with Crippen molar-refractivity contribution >= 4 is 17.5 Å². The molecule has 146 valence electrons. The van der Waals surface area contributed by atoms with Crippen LogP contribution in [0.4, 0.5) is 10.1 Å². The zero-order valence-corrected chi connectivity index (χ0v) is 16.0. The first kappa shape index (κ1) is 18.5. The van der Waals surface area contributed by atoms with E-state index in [1.165, 1.54) is 37.8 Å². The van der Waals surface area contributed by atoms with E-state index >= 15 is 0 Å². The molecular weight excluding hydrogens is 343 g/mol. The Morgan fingerprint density at radius 1 is 1.04 bits per heavy atom. The van der Waals surface area contributed by atoms with Crippen LogP contribution in [0.15, 0.2) is 24.3 Å². The molecule has 1 aromatic rings. The Balaban J connectivity index is 1.48. The number of likely N-dealkylation sites (tertiary alicyclic amines) is 1. The Labute approximate surface area is 160 Å². The van der Waals surface area contributed by atoms with Crippen molar-refractivity contribution in [1.29, 1.82) is 0 Å². The molecule has 2 aliphatic heterocycles. The SMILES string of the molecule is O=C(CC1CCCC1)N1CCCC2(CCCN(c3ccc(F)cc3)C2=O)C1. The van der Waals surface area contributed by atoms with Crippen molar-refractivity contribution in [2.24, 2.45) is 11.3 Å². The Kier molecular flexibility index (Phi) is 5.20. The summed E-state index contributed by atoms with van der Waals surface area (Å²) in [6, 6.07) is 6.17. The topological polar surface area (TPSA) is 40.6 Å². The molecule has 1 saturated carbocycles. The van der Waals surface area contributed by atoms with Gasteiger partial charge in [0.25, 0.3) is 0 Å². The quantitative estimate of drug-likeness (QED) is 0.800. The number of carbonyl (C=O) groups excluding carboxylic acids is 2. The maximum absolute atomic E-state index is 13.4. The lowest BCUT2D eigenvalue weighted by Crippen LogP contribution is -2.57. The number of piperidine rings is 2. The molecule has 4 rings (SSSR count). The normalized spacial score (nSPS) is 26.8. The number of carbonyl (C=O) groups is 2. The van der Waals surface area contributed by atoms with E-state index in [1.54, 1.807) is 17.0 Å². The minimum atomic E-state index is -0.462. The maximum Gasteiger partial charge on any atom is 0.234 e. The van der Waals surface area contributed by atoms with Crippen LogP contribution in [-0.4, -0.2) is 36.3 Å². The van der Waals surface area contributed by atoms with Crippen LogP contribution >= 0.6 is 0 Å². The standard InChI is InChI=1S/C22H29FN2O2/c23-18-7-9-19(10-8-18)25-14-4-12-22(21(25)27)11-3-13-24(16-22)20(26)15-17-5-1-2-6-17/h7-10,17H,1-6,11-16H2. The first-order valence-electron chi connectivity index (χ1n) is 10.4. The fraction of sp³-hybridized carbons (Fsp3) is 0.636. The molecule has 27 heavy (non-hydrogen) atoms. The zero-order valence-electron chi connectivity index (χ0n) is 16.0. The highest BCUT2D eigenvalue weighted by molar-refractivity contribution is 5.99. The highest BCUT2D eigenvalue weighted by Crippen LogP contribution is 2.41. The van der Waals surface area contributed by atoms with Gasteiger partial charge >= 0.3 is 0 Å². The molecule has 4 nitrogen and oxygen atoms in total. The van der Waals surface area contributed by atoms with Gasteiger partial charge in [-0.1, -0.05) is 12.8 Å². The fourth-order valence-corrected chi connectivity index (χ4v) is 5.25. The molecule has 1 spiro atoms. The number of rotatable bonds is 3. The summed E-state index contributed by atoms with van der Waals surface area (Å²) in [7, 11) is 0. The fourth-order valence-electron chi connectivity index (χ4n) is 5.25. The van der Waals surface area contributed by atoms with Crippen LogP contribution in [0.5, 0.6) is 0 Å². The molecule has 1 atom stereocenters. The third-order valence-corrected chi connectivity index (χ3v) is 6.74. The average molecular weight is 372 g/mol. The summed E-state index contributed by atoms with van der Waals surface area (Å²) in [4.78, 5) is 30.0. The summed E-state index contributed by atoms with van der Waals surface area (Å²) in [5.41, 5.74) is 0.297. The number of benzene rings is 1. The van der Waals surface area contributed by atoms with Gasteiger partial charge in [0.1, 0.15) is 5.82 Å². The molecule has 5 heteroatoms. The first-order chi connectivity index (χ1) is 13.1. The van der Waals surface area contributed by atoms with E-state index in [4.69, 9.17) is 0 Å². The van der Waals surface area contributed by atoms with Crippen LogP contribution in [0.3, 0.4) is 0 Å². The smallest absolute Gasteiger partial charge is 0.234 e. The Bertz CT molecular complexity index is 695. The highest BCUT2D eigenvalue weighted by Gasteiger charge is 2.47. The second-order valence-corrected chi connectivity index (χ2v) is 8.59. The van der Waals surface area contributed by atoms with Crippen LogP contribution in [0.25, 0.3) is 0 Å². The van der Waals surface area contributed by atoms with Crippen LogP contribution in [0.1, 0.15) is 57.8 Å². The Morgan fingerprint density at radius 3 is 2.41 bits per heavy atom. The third-order valence-electron chi connectivity index (χ3n) is 6.74. The van der Waals surface area contributed by atoms with Gasteiger partial charge in [-0.15, -0.1) is 0 Å². The summed E-state index contributed by atoms with van der Waals surface area (Å²) in [5.74, 6) is 0.582. The minimum Gasteiger partial charge on any atom is -0.342 e. The number of hydrogen-bond acceptors (Lipinski definition) is 2. The number of amides is 2. The van der Waals surface area contributed by atoms with Gasteiger partial charge in [-0.3, -0.25) is 9.59 Å².